The normalized spacial score (nSPS) is 16.9. The first-order valence-electron chi connectivity index (χ1n) is 4.86. The number of nitrogens with zero attached hydrogens (tertiary/aromatic N) is 1. The van der Waals surface area contributed by atoms with Gasteiger partial charge < -0.3 is 10.5 Å². The lowest BCUT2D eigenvalue weighted by Gasteiger charge is -2.11. The standard InChI is InChI=1S/C10H11FN2O3/c11-8-5-7(13(14)15)1-2-9(8)16-6-10(12)3-4-10/h1-2,5H,3-4,6,12H2. The maximum absolute atomic E-state index is 13.3. The first-order chi connectivity index (χ1) is 7.50. The molecule has 0 aromatic heterocycles. The van der Waals surface area contributed by atoms with E-state index in [-0.39, 0.29) is 23.6 Å². The third-order valence-electron chi connectivity index (χ3n) is 2.53. The van der Waals surface area contributed by atoms with Crippen molar-refractivity contribution in [2.75, 3.05) is 6.61 Å². The van der Waals surface area contributed by atoms with Crippen LogP contribution in [0.1, 0.15) is 12.8 Å². The van der Waals surface area contributed by atoms with E-state index in [1.54, 1.807) is 0 Å². The smallest absolute Gasteiger partial charge is 0.272 e. The zero-order chi connectivity index (χ0) is 11.8. The maximum atomic E-state index is 13.3. The molecule has 0 unspecified atom stereocenters. The van der Waals surface area contributed by atoms with Gasteiger partial charge in [-0.2, -0.15) is 0 Å². The van der Waals surface area contributed by atoms with Crippen molar-refractivity contribution < 1.29 is 14.1 Å². The van der Waals surface area contributed by atoms with Gasteiger partial charge in [0.25, 0.3) is 5.69 Å². The number of benzene rings is 1. The molecular formula is C10H11FN2O3. The van der Waals surface area contributed by atoms with Crippen LogP contribution in [0.3, 0.4) is 0 Å². The molecule has 2 N–H and O–H groups in total. The number of nitrogens with two attached hydrogens (primary N) is 1. The summed E-state index contributed by atoms with van der Waals surface area (Å²) in [4.78, 5) is 9.72. The molecule has 1 fully saturated rings. The summed E-state index contributed by atoms with van der Waals surface area (Å²) in [5.74, 6) is -0.735. The van der Waals surface area contributed by atoms with Crippen molar-refractivity contribution in [3.63, 3.8) is 0 Å². The second-order valence-corrected chi connectivity index (χ2v) is 4.02. The summed E-state index contributed by atoms with van der Waals surface area (Å²) < 4.78 is 18.5. The summed E-state index contributed by atoms with van der Waals surface area (Å²) in [6.45, 7) is 0.238. The Morgan fingerprint density at radius 3 is 2.75 bits per heavy atom. The Hall–Kier alpha value is -1.69. The zero-order valence-electron chi connectivity index (χ0n) is 8.48. The average Bonchev–Trinajstić information content (AvgIpc) is 2.95. The van der Waals surface area contributed by atoms with Crippen molar-refractivity contribution in [1.29, 1.82) is 0 Å². The van der Waals surface area contributed by atoms with Gasteiger partial charge in [0, 0.05) is 6.07 Å². The molecule has 1 saturated carbocycles. The van der Waals surface area contributed by atoms with Gasteiger partial charge in [-0.15, -0.1) is 0 Å². The molecule has 0 saturated heterocycles. The zero-order valence-corrected chi connectivity index (χ0v) is 8.48. The molecule has 2 rings (SSSR count). The lowest BCUT2D eigenvalue weighted by atomic mass is 10.3. The van der Waals surface area contributed by atoms with E-state index in [2.05, 4.69) is 0 Å². The Kier molecular flexibility index (Phi) is 2.51. The van der Waals surface area contributed by atoms with Crippen LogP contribution in [0.2, 0.25) is 0 Å². The molecule has 1 aliphatic rings. The van der Waals surface area contributed by atoms with E-state index in [1.165, 1.54) is 12.1 Å². The highest BCUT2D eigenvalue weighted by Gasteiger charge is 2.39. The van der Waals surface area contributed by atoms with Crippen LogP contribution in [0.5, 0.6) is 5.75 Å². The minimum absolute atomic E-state index is 0.00215. The molecule has 0 spiro atoms. The van der Waals surface area contributed by atoms with Gasteiger partial charge in [0.05, 0.1) is 16.5 Å². The summed E-state index contributed by atoms with van der Waals surface area (Å²) in [6, 6.07) is 3.29. The largest absolute Gasteiger partial charge is 0.489 e. The predicted octanol–water partition coefficient (Wildman–Crippen LogP) is 1.60. The van der Waals surface area contributed by atoms with Gasteiger partial charge in [0.1, 0.15) is 6.61 Å². The molecule has 5 nitrogen and oxygen atoms in total. The van der Waals surface area contributed by atoms with E-state index in [4.69, 9.17) is 10.5 Å². The highest BCUT2D eigenvalue weighted by molar-refractivity contribution is 5.37. The fourth-order valence-electron chi connectivity index (χ4n) is 1.25. The van der Waals surface area contributed by atoms with Crippen LogP contribution in [-0.2, 0) is 0 Å². The predicted molar refractivity (Wildman–Crippen MR) is 54.7 cm³/mol. The summed E-state index contributed by atoms with van der Waals surface area (Å²) in [5.41, 5.74) is 5.14. The number of ether oxygens (including phenoxy) is 1. The Morgan fingerprint density at radius 2 is 2.25 bits per heavy atom. The number of non-ortho nitro benzene ring substituents is 1. The van der Waals surface area contributed by atoms with Gasteiger partial charge in [0.15, 0.2) is 11.6 Å². The van der Waals surface area contributed by atoms with Crippen molar-refractivity contribution in [3.8, 4) is 5.75 Å². The van der Waals surface area contributed by atoms with Crippen LogP contribution in [0.15, 0.2) is 18.2 Å². The van der Waals surface area contributed by atoms with Crippen molar-refractivity contribution in [2.24, 2.45) is 5.73 Å². The molecule has 0 aliphatic heterocycles. The van der Waals surface area contributed by atoms with E-state index in [0.717, 1.165) is 18.9 Å². The third-order valence-corrected chi connectivity index (χ3v) is 2.53. The van der Waals surface area contributed by atoms with Crippen LogP contribution >= 0.6 is 0 Å². The molecule has 0 heterocycles. The highest BCUT2D eigenvalue weighted by atomic mass is 19.1. The van der Waals surface area contributed by atoms with Crippen LogP contribution in [0.25, 0.3) is 0 Å². The van der Waals surface area contributed by atoms with E-state index in [9.17, 15) is 14.5 Å². The minimum atomic E-state index is -0.738. The molecular weight excluding hydrogens is 215 g/mol. The molecule has 6 heteroatoms. The van der Waals surface area contributed by atoms with Crippen LogP contribution in [0, 0.1) is 15.9 Å². The van der Waals surface area contributed by atoms with Crippen LogP contribution in [-0.4, -0.2) is 17.1 Å². The number of hydrogen-bond acceptors (Lipinski definition) is 4. The quantitative estimate of drug-likeness (QED) is 0.624. The Bertz CT molecular complexity index is 432. The summed E-state index contributed by atoms with van der Waals surface area (Å²) >= 11 is 0. The molecule has 0 amide bonds. The van der Waals surface area contributed by atoms with Gasteiger partial charge >= 0.3 is 0 Å². The van der Waals surface area contributed by atoms with Crippen LogP contribution < -0.4 is 10.5 Å². The molecule has 16 heavy (non-hydrogen) atoms. The molecule has 86 valence electrons. The Morgan fingerprint density at radius 1 is 1.56 bits per heavy atom. The average molecular weight is 226 g/mol. The minimum Gasteiger partial charge on any atom is -0.489 e. The summed E-state index contributed by atoms with van der Waals surface area (Å²) in [5, 5.41) is 10.4. The van der Waals surface area contributed by atoms with Crippen molar-refractivity contribution in [1.82, 2.24) is 0 Å². The molecule has 0 bridgehead atoms. The number of hydrogen-bond donors (Lipinski definition) is 1. The lowest BCUT2D eigenvalue weighted by molar-refractivity contribution is -0.385. The SMILES string of the molecule is NC1(COc2ccc([N+](=O)[O-])cc2F)CC1. The molecule has 1 aliphatic carbocycles. The van der Waals surface area contributed by atoms with E-state index >= 15 is 0 Å². The Balaban J connectivity index is 2.07. The fourth-order valence-corrected chi connectivity index (χ4v) is 1.25. The second-order valence-electron chi connectivity index (χ2n) is 4.02. The van der Waals surface area contributed by atoms with Crippen molar-refractivity contribution in [2.45, 2.75) is 18.4 Å². The van der Waals surface area contributed by atoms with E-state index in [1.807, 2.05) is 0 Å². The number of nitro groups is 1. The molecule has 0 atom stereocenters. The first kappa shape index (κ1) is 10.8. The van der Waals surface area contributed by atoms with E-state index in [0.29, 0.717) is 0 Å². The number of nitro benzene ring substituents is 1. The van der Waals surface area contributed by atoms with Crippen LogP contribution in [0.4, 0.5) is 10.1 Å². The van der Waals surface area contributed by atoms with E-state index < -0.39 is 10.7 Å². The number of rotatable bonds is 4. The summed E-state index contributed by atoms with van der Waals surface area (Å²) in [6.07, 6.45) is 1.73. The van der Waals surface area contributed by atoms with Gasteiger partial charge in [-0.1, -0.05) is 0 Å². The first-order valence-corrected chi connectivity index (χ1v) is 4.86. The molecule has 1 aromatic rings. The monoisotopic (exact) mass is 226 g/mol. The Labute approximate surface area is 91.2 Å². The third kappa shape index (κ3) is 2.27. The second kappa shape index (κ2) is 3.71. The van der Waals surface area contributed by atoms with Gasteiger partial charge in [-0.05, 0) is 18.9 Å². The van der Waals surface area contributed by atoms with Crippen molar-refractivity contribution >= 4 is 5.69 Å². The number of halogens is 1. The van der Waals surface area contributed by atoms with Gasteiger partial charge in [-0.3, -0.25) is 10.1 Å². The fraction of sp³-hybridized carbons (Fsp3) is 0.400. The lowest BCUT2D eigenvalue weighted by Crippen LogP contribution is -2.29. The van der Waals surface area contributed by atoms with Crippen molar-refractivity contribution in [3.05, 3.63) is 34.1 Å². The topological polar surface area (TPSA) is 78.4 Å². The maximum Gasteiger partial charge on any atom is 0.272 e. The van der Waals surface area contributed by atoms with Gasteiger partial charge in [0.2, 0.25) is 0 Å². The summed E-state index contributed by atoms with van der Waals surface area (Å²) in [7, 11) is 0. The highest BCUT2D eigenvalue weighted by Crippen LogP contribution is 2.33. The molecule has 1 aromatic carbocycles. The van der Waals surface area contributed by atoms with Gasteiger partial charge in [-0.25, -0.2) is 4.39 Å². The molecule has 0 radical (unpaired) electrons.